The Kier molecular flexibility index (Phi) is 4.61. The van der Waals surface area contributed by atoms with E-state index in [9.17, 15) is 18.4 Å². The number of anilines is 2. The third-order valence-electron chi connectivity index (χ3n) is 5.16. The number of carbonyl (C=O) groups is 2. The van der Waals surface area contributed by atoms with Crippen molar-refractivity contribution in [2.75, 3.05) is 36.0 Å². The Labute approximate surface area is 155 Å². The fourth-order valence-corrected chi connectivity index (χ4v) is 3.73. The maximum Gasteiger partial charge on any atom is 0.251 e. The van der Waals surface area contributed by atoms with E-state index in [1.54, 1.807) is 0 Å². The summed E-state index contributed by atoms with van der Waals surface area (Å²) in [5.74, 6) is -2.85. The van der Waals surface area contributed by atoms with Gasteiger partial charge in [-0.05, 0) is 24.3 Å². The van der Waals surface area contributed by atoms with Crippen LogP contribution in [0.15, 0.2) is 48.5 Å². The van der Waals surface area contributed by atoms with Crippen molar-refractivity contribution in [1.82, 2.24) is 4.90 Å². The molecule has 2 amide bonds. The SMILES string of the molecule is O=C1C[C@@H](N2CCN(c3ccccc3)CC2)C(=O)N1c1ccc(F)c(F)c1. The molecule has 0 spiro atoms. The maximum atomic E-state index is 13.5. The van der Waals surface area contributed by atoms with Crippen LogP contribution in [0.3, 0.4) is 0 Å². The molecular weight excluding hydrogens is 352 g/mol. The first-order valence-electron chi connectivity index (χ1n) is 8.90. The Bertz CT molecular complexity index is 867. The highest BCUT2D eigenvalue weighted by Gasteiger charge is 2.43. The highest BCUT2D eigenvalue weighted by molar-refractivity contribution is 6.22. The number of carbonyl (C=O) groups excluding carboxylic acids is 2. The Hall–Kier alpha value is -2.80. The molecule has 2 aliphatic rings. The first-order valence-corrected chi connectivity index (χ1v) is 8.90. The van der Waals surface area contributed by atoms with E-state index in [0.717, 1.165) is 35.8 Å². The molecule has 0 bridgehead atoms. The van der Waals surface area contributed by atoms with E-state index in [-0.39, 0.29) is 23.9 Å². The molecule has 2 heterocycles. The summed E-state index contributed by atoms with van der Waals surface area (Å²) in [5, 5.41) is 0. The van der Waals surface area contributed by atoms with Crippen LogP contribution in [0.2, 0.25) is 0 Å². The zero-order valence-corrected chi connectivity index (χ0v) is 14.6. The first-order chi connectivity index (χ1) is 13.0. The summed E-state index contributed by atoms with van der Waals surface area (Å²) in [6.45, 7) is 2.83. The van der Waals surface area contributed by atoms with Gasteiger partial charge >= 0.3 is 0 Å². The van der Waals surface area contributed by atoms with E-state index in [2.05, 4.69) is 4.90 Å². The van der Waals surface area contributed by atoms with Crippen LogP contribution < -0.4 is 9.80 Å². The van der Waals surface area contributed by atoms with Gasteiger partial charge in [0.05, 0.1) is 18.2 Å². The second kappa shape index (κ2) is 7.08. The van der Waals surface area contributed by atoms with Gasteiger partial charge in [-0.1, -0.05) is 18.2 Å². The second-order valence-electron chi connectivity index (χ2n) is 6.74. The van der Waals surface area contributed by atoms with Crippen LogP contribution >= 0.6 is 0 Å². The lowest BCUT2D eigenvalue weighted by atomic mass is 10.1. The Morgan fingerprint density at radius 2 is 1.52 bits per heavy atom. The number of rotatable bonds is 3. The highest BCUT2D eigenvalue weighted by Crippen LogP contribution is 2.28. The van der Waals surface area contributed by atoms with Crippen molar-refractivity contribution in [3.05, 3.63) is 60.2 Å². The second-order valence-corrected chi connectivity index (χ2v) is 6.74. The standard InChI is InChI=1S/C20H19F2N3O2/c21-16-7-6-15(12-17(16)22)25-19(26)13-18(20(25)27)24-10-8-23(9-11-24)14-4-2-1-3-5-14/h1-7,12,18H,8-11,13H2/t18-/m1/s1. The van der Waals surface area contributed by atoms with Gasteiger partial charge < -0.3 is 4.90 Å². The van der Waals surface area contributed by atoms with Crippen molar-refractivity contribution in [2.24, 2.45) is 0 Å². The monoisotopic (exact) mass is 371 g/mol. The quantitative estimate of drug-likeness (QED) is 0.778. The van der Waals surface area contributed by atoms with Crippen LogP contribution in [0, 0.1) is 11.6 Å². The van der Waals surface area contributed by atoms with Crippen molar-refractivity contribution >= 4 is 23.2 Å². The van der Waals surface area contributed by atoms with Crippen molar-refractivity contribution in [1.29, 1.82) is 0 Å². The van der Waals surface area contributed by atoms with Crippen LogP contribution in [-0.4, -0.2) is 48.9 Å². The van der Waals surface area contributed by atoms with E-state index in [4.69, 9.17) is 0 Å². The van der Waals surface area contributed by atoms with Crippen LogP contribution in [0.1, 0.15) is 6.42 Å². The zero-order chi connectivity index (χ0) is 19.0. The Balaban J connectivity index is 1.45. The van der Waals surface area contributed by atoms with Crippen LogP contribution in [0.5, 0.6) is 0 Å². The molecule has 2 aliphatic heterocycles. The third-order valence-corrected chi connectivity index (χ3v) is 5.16. The number of imide groups is 1. The van der Waals surface area contributed by atoms with E-state index < -0.39 is 17.7 Å². The number of amides is 2. The van der Waals surface area contributed by atoms with Crippen LogP contribution in [0.25, 0.3) is 0 Å². The zero-order valence-electron chi connectivity index (χ0n) is 14.6. The van der Waals surface area contributed by atoms with Crippen molar-refractivity contribution < 1.29 is 18.4 Å². The predicted octanol–water partition coefficient (Wildman–Crippen LogP) is 2.42. The molecule has 7 heteroatoms. The minimum atomic E-state index is -1.08. The van der Waals surface area contributed by atoms with Gasteiger partial charge in [0.15, 0.2) is 11.6 Å². The van der Waals surface area contributed by atoms with Gasteiger partial charge in [0.1, 0.15) is 0 Å². The molecular formula is C20H19F2N3O2. The molecule has 4 rings (SSSR count). The summed E-state index contributed by atoms with van der Waals surface area (Å²) in [5.41, 5.74) is 1.21. The van der Waals surface area contributed by atoms with Gasteiger partial charge in [-0.15, -0.1) is 0 Å². The fourth-order valence-electron chi connectivity index (χ4n) is 3.73. The summed E-state index contributed by atoms with van der Waals surface area (Å²) in [6.07, 6.45) is 0.0587. The number of nitrogens with zero attached hydrogens (tertiary/aromatic N) is 3. The molecule has 0 N–H and O–H groups in total. The van der Waals surface area contributed by atoms with Gasteiger partial charge in [-0.2, -0.15) is 0 Å². The summed E-state index contributed by atoms with van der Waals surface area (Å²) in [6, 6.07) is 12.6. The summed E-state index contributed by atoms with van der Waals surface area (Å²) >= 11 is 0. The molecule has 0 saturated carbocycles. The van der Waals surface area contributed by atoms with E-state index in [1.165, 1.54) is 6.07 Å². The summed E-state index contributed by atoms with van der Waals surface area (Å²) in [4.78, 5) is 30.4. The normalized spacial score (nSPS) is 21.2. The molecule has 5 nitrogen and oxygen atoms in total. The minimum absolute atomic E-state index is 0.0587. The van der Waals surface area contributed by atoms with Crippen LogP contribution in [0.4, 0.5) is 20.2 Å². The van der Waals surface area contributed by atoms with Gasteiger partial charge in [0.2, 0.25) is 5.91 Å². The van der Waals surface area contributed by atoms with Gasteiger partial charge in [0.25, 0.3) is 5.91 Å². The van der Waals surface area contributed by atoms with E-state index in [0.29, 0.717) is 13.1 Å². The molecule has 0 aliphatic carbocycles. The molecule has 1 atom stereocenters. The number of para-hydroxylation sites is 1. The highest BCUT2D eigenvalue weighted by atomic mass is 19.2. The number of hydrogen-bond donors (Lipinski definition) is 0. The lowest BCUT2D eigenvalue weighted by Gasteiger charge is -2.38. The summed E-state index contributed by atoms with van der Waals surface area (Å²) in [7, 11) is 0. The lowest BCUT2D eigenvalue weighted by molar-refractivity contribution is -0.123. The molecule has 27 heavy (non-hydrogen) atoms. The average Bonchev–Trinajstić information content (AvgIpc) is 2.99. The lowest BCUT2D eigenvalue weighted by Crippen LogP contribution is -2.52. The first kappa shape index (κ1) is 17.6. The topological polar surface area (TPSA) is 43.9 Å². The Morgan fingerprint density at radius 1 is 0.815 bits per heavy atom. The largest absolute Gasteiger partial charge is 0.369 e. The number of halogens is 2. The van der Waals surface area contributed by atoms with Crippen molar-refractivity contribution in [3.63, 3.8) is 0 Å². The van der Waals surface area contributed by atoms with E-state index in [1.807, 2.05) is 35.2 Å². The summed E-state index contributed by atoms with van der Waals surface area (Å²) < 4.78 is 26.7. The smallest absolute Gasteiger partial charge is 0.251 e. The third kappa shape index (κ3) is 3.30. The number of hydrogen-bond acceptors (Lipinski definition) is 4. The average molecular weight is 371 g/mol. The molecule has 0 radical (unpaired) electrons. The fraction of sp³-hybridized carbons (Fsp3) is 0.300. The predicted molar refractivity (Wildman–Crippen MR) is 97.5 cm³/mol. The van der Waals surface area contributed by atoms with Gasteiger partial charge in [-0.3, -0.25) is 14.5 Å². The molecule has 2 fully saturated rings. The molecule has 0 unspecified atom stereocenters. The number of benzene rings is 2. The van der Waals surface area contributed by atoms with Crippen molar-refractivity contribution in [3.8, 4) is 0 Å². The minimum Gasteiger partial charge on any atom is -0.369 e. The molecule has 2 aromatic carbocycles. The number of piperazine rings is 1. The van der Waals surface area contributed by atoms with Gasteiger partial charge in [-0.25, -0.2) is 13.7 Å². The molecule has 140 valence electrons. The molecule has 2 saturated heterocycles. The van der Waals surface area contributed by atoms with E-state index >= 15 is 0 Å². The van der Waals surface area contributed by atoms with Crippen molar-refractivity contribution in [2.45, 2.75) is 12.5 Å². The molecule has 0 aromatic heterocycles. The van der Waals surface area contributed by atoms with Gasteiger partial charge in [0, 0.05) is 37.9 Å². The molecule has 2 aromatic rings. The Morgan fingerprint density at radius 3 is 2.19 bits per heavy atom. The maximum absolute atomic E-state index is 13.5. The van der Waals surface area contributed by atoms with Crippen LogP contribution in [-0.2, 0) is 9.59 Å².